The molecule has 3 aromatic rings. The molecule has 1 N–H and O–H groups in total. The monoisotopic (exact) mass is 630 g/mol. The Morgan fingerprint density at radius 1 is 0.932 bits per heavy atom. The van der Waals surface area contributed by atoms with Crippen LogP contribution in [0.2, 0.25) is 5.15 Å². The van der Waals surface area contributed by atoms with Crippen LogP contribution in [-0.4, -0.2) is 111 Å². The fourth-order valence-electron chi connectivity index (χ4n) is 4.97. The maximum Gasteiger partial charge on any atom is 0.164 e. The van der Waals surface area contributed by atoms with E-state index in [9.17, 15) is 5.11 Å². The second kappa shape index (κ2) is 16.8. The van der Waals surface area contributed by atoms with Crippen molar-refractivity contribution < 1.29 is 38.3 Å². The second-order valence-corrected chi connectivity index (χ2v) is 10.7. The van der Waals surface area contributed by atoms with Crippen LogP contribution < -0.4 is 14.4 Å². The van der Waals surface area contributed by atoms with E-state index < -0.39 is 0 Å². The topological polar surface area (TPSA) is 119 Å². The molecule has 2 atom stereocenters. The van der Waals surface area contributed by atoms with Gasteiger partial charge in [-0.05, 0) is 43.2 Å². The van der Waals surface area contributed by atoms with Crippen LogP contribution in [0.15, 0.2) is 36.5 Å². The van der Waals surface area contributed by atoms with Gasteiger partial charge < -0.3 is 43.2 Å². The molecule has 2 saturated heterocycles. The van der Waals surface area contributed by atoms with Crippen molar-refractivity contribution in [2.24, 2.45) is 0 Å². The molecule has 0 spiro atoms. The normalized spacial score (nSPS) is 18.4. The van der Waals surface area contributed by atoms with Crippen LogP contribution in [0.4, 0.5) is 5.69 Å². The largest absolute Gasteiger partial charge is 0.491 e. The van der Waals surface area contributed by atoms with Crippen molar-refractivity contribution in [3.63, 3.8) is 0 Å². The first-order valence-electron chi connectivity index (χ1n) is 14.8. The van der Waals surface area contributed by atoms with E-state index in [0.29, 0.717) is 83.4 Å². The molecular formula is C31H39ClN4O8. The first-order chi connectivity index (χ1) is 21.6. The van der Waals surface area contributed by atoms with Crippen LogP contribution >= 0.6 is 11.6 Å². The van der Waals surface area contributed by atoms with Crippen LogP contribution in [0.3, 0.4) is 0 Å². The van der Waals surface area contributed by atoms with Gasteiger partial charge in [0.05, 0.1) is 89.3 Å². The highest BCUT2D eigenvalue weighted by Gasteiger charge is 2.33. The number of terminal acetylenes is 1. The molecule has 0 amide bonds. The lowest BCUT2D eigenvalue weighted by Gasteiger charge is -2.41. The Balaban J connectivity index is 0.963. The maximum atomic E-state index is 9.42. The van der Waals surface area contributed by atoms with E-state index in [2.05, 4.69) is 20.9 Å². The molecule has 238 valence electrons. The quantitative estimate of drug-likeness (QED) is 0.120. The highest BCUT2D eigenvalue weighted by molar-refractivity contribution is 6.30. The predicted molar refractivity (Wildman–Crippen MR) is 163 cm³/mol. The van der Waals surface area contributed by atoms with E-state index in [1.165, 1.54) is 0 Å². The highest BCUT2D eigenvalue weighted by Crippen LogP contribution is 2.36. The smallest absolute Gasteiger partial charge is 0.164 e. The molecule has 2 aliphatic heterocycles. The molecule has 2 unspecified atom stereocenters. The van der Waals surface area contributed by atoms with Crippen LogP contribution in [0.25, 0.3) is 11.0 Å². The molecule has 0 bridgehead atoms. The first-order valence-corrected chi connectivity index (χ1v) is 15.2. The van der Waals surface area contributed by atoms with E-state index in [1.807, 2.05) is 30.3 Å². The molecule has 2 fully saturated rings. The van der Waals surface area contributed by atoms with Crippen molar-refractivity contribution in [2.45, 2.75) is 31.3 Å². The van der Waals surface area contributed by atoms with Gasteiger partial charge in [0.2, 0.25) is 0 Å². The van der Waals surface area contributed by atoms with Crippen LogP contribution in [0, 0.1) is 12.3 Å². The zero-order valence-corrected chi connectivity index (χ0v) is 25.4. The van der Waals surface area contributed by atoms with Crippen LogP contribution in [-0.2, 0) is 23.7 Å². The van der Waals surface area contributed by atoms with E-state index >= 15 is 0 Å². The number of anilines is 1. The molecular weight excluding hydrogens is 592 g/mol. The molecule has 0 saturated carbocycles. The average molecular weight is 631 g/mol. The minimum Gasteiger partial charge on any atom is -0.491 e. The number of nitrogens with zero attached hydrogens (tertiary/aromatic N) is 4. The molecule has 2 aliphatic rings. The number of hydrogen-bond acceptors (Lipinski definition) is 11. The first kappa shape index (κ1) is 32.2. The Kier molecular flexibility index (Phi) is 12.3. The Morgan fingerprint density at radius 2 is 1.59 bits per heavy atom. The molecule has 0 radical (unpaired) electrons. The van der Waals surface area contributed by atoms with Gasteiger partial charge in [-0.15, -0.1) is 6.42 Å². The third kappa shape index (κ3) is 8.95. The minimum absolute atomic E-state index is 0.00366. The third-order valence-electron chi connectivity index (χ3n) is 7.19. The zero-order valence-electron chi connectivity index (χ0n) is 24.6. The summed E-state index contributed by atoms with van der Waals surface area (Å²) in [6.07, 6.45) is 8.05. The molecule has 1 aromatic carbocycles. The molecule has 2 aromatic heterocycles. The summed E-state index contributed by atoms with van der Waals surface area (Å²) in [6.45, 7) is 5.57. The summed E-state index contributed by atoms with van der Waals surface area (Å²) in [4.78, 5) is 6.72. The summed E-state index contributed by atoms with van der Waals surface area (Å²) in [7, 11) is 0. The number of rotatable bonds is 19. The van der Waals surface area contributed by atoms with E-state index in [0.717, 1.165) is 35.4 Å². The van der Waals surface area contributed by atoms with Gasteiger partial charge in [0, 0.05) is 0 Å². The molecule has 44 heavy (non-hydrogen) atoms. The van der Waals surface area contributed by atoms with E-state index in [1.54, 1.807) is 10.9 Å². The second-order valence-electron chi connectivity index (χ2n) is 10.3. The van der Waals surface area contributed by atoms with Gasteiger partial charge in [0.15, 0.2) is 11.9 Å². The van der Waals surface area contributed by atoms with E-state index in [4.69, 9.17) is 51.2 Å². The number of ether oxygens (including phenoxy) is 7. The maximum absolute atomic E-state index is 9.42. The fraction of sp³-hybridized carbons (Fsp3) is 0.548. The summed E-state index contributed by atoms with van der Waals surface area (Å²) in [5.74, 6) is 3.93. The summed E-state index contributed by atoms with van der Waals surface area (Å²) >= 11 is 6.40. The van der Waals surface area contributed by atoms with Crippen molar-refractivity contribution >= 4 is 28.3 Å². The Morgan fingerprint density at radius 3 is 2.25 bits per heavy atom. The molecule has 0 aliphatic carbocycles. The van der Waals surface area contributed by atoms with Crippen molar-refractivity contribution in [1.29, 1.82) is 0 Å². The van der Waals surface area contributed by atoms with Crippen LogP contribution in [0.1, 0.15) is 19.1 Å². The lowest BCUT2D eigenvalue weighted by Crippen LogP contribution is -2.54. The number of benzene rings is 1. The lowest BCUT2D eigenvalue weighted by molar-refractivity contribution is -0.0262. The van der Waals surface area contributed by atoms with Gasteiger partial charge in [-0.1, -0.05) is 17.5 Å². The molecule has 12 nitrogen and oxygen atoms in total. The Labute approximate surface area is 262 Å². The van der Waals surface area contributed by atoms with E-state index in [-0.39, 0.29) is 25.0 Å². The van der Waals surface area contributed by atoms with Crippen molar-refractivity contribution in [3.8, 4) is 23.8 Å². The van der Waals surface area contributed by atoms with Crippen molar-refractivity contribution in [1.82, 2.24) is 14.8 Å². The molecule has 13 heteroatoms. The molecule has 5 rings (SSSR count). The average Bonchev–Trinajstić information content (AvgIpc) is 3.66. The zero-order chi connectivity index (χ0) is 30.6. The predicted octanol–water partition coefficient (Wildman–Crippen LogP) is 3.10. The Bertz CT molecular complexity index is 1340. The van der Waals surface area contributed by atoms with Gasteiger partial charge in [-0.25, -0.2) is 9.67 Å². The number of hydrogen-bond donors (Lipinski definition) is 1. The SMILES string of the molecule is C#CCOCCOCCOCCOCCOc1ccc(OC2CN(c3cc(Cl)nc4c3cnn4C3CCC(CO)O3)C2)cc1. The number of aliphatic hydroxyl groups excluding tert-OH is 1. The molecule has 4 heterocycles. The third-order valence-corrected chi connectivity index (χ3v) is 7.38. The number of pyridine rings is 1. The van der Waals surface area contributed by atoms with Crippen molar-refractivity contribution in [3.05, 3.63) is 41.7 Å². The summed E-state index contributed by atoms with van der Waals surface area (Å²) in [5.41, 5.74) is 1.64. The minimum atomic E-state index is -0.261. The number of aliphatic hydroxyl groups is 1. The van der Waals surface area contributed by atoms with Gasteiger partial charge in [0.25, 0.3) is 0 Å². The number of halogens is 1. The fourth-order valence-corrected chi connectivity index (χ4v) is 5.15. The van der Waals surface area contributed by atoms with Gasteiger partial charge >= 0.3 is 0 Å². The number of aromatic nitrogens is 3. The standard InChI is InChI=1S/C31H39ClN4O8/c1-2-9-38-10-11-39-12-13-40-14-15-41-16-17-42-23-3-5-24(6-4-23)43-26-20-35(21-26)28-18-29(32)34-31-27(28)19-33-36(31)30-8-7-25(22-37)44-30/h1,3-6,18-19,25-26,30,37H,7-17,20-22H2. The van der Waals surface area contributed by atoms with Crippen molar-refractivity contribution in [2.75, 3.05) is 84.1 Å². The van der Waals surface area contributed by atoms with Gasteiger partial charge in [-0.3, -0.25) is 0 Å². The Hall–Kier alpha value is -3.15. The summed E-state index contributed by atoms with van der Waals surface area (Å²) in [6, 6.07) is 9.45. The summed E-state index contributed by atoms with van der Waals surface area (Å²) in [5, 5.41) is 15.3. The highest BCUT2D eigenvalue weighted by atomic mass is 35.5. The number of fused-ring (bicyclic) bond motifs is 1. The lowest BCUT2D eigenvalue weighted by atomic mass is 10.1. The summed E-state index contributed by atoms with van der Waals surface area (Å²) < 4.78 is 41.1. The van der Waals surface area contributed by atoms with Gasteiger partial charge in [-0.2, -0.15) is 5.10 Å². The van der Waals surface area contributed by atoms with Crippen LogP contribution in [0.5, 0.6) is 11.5 Å². The van der Waals surface area contributed by atoms with Gasteiger partial charge in [0.1, 0.15) is 36.0 Å².